The van der Waals surface area contributed by atoms with Crippen molar-refractivity contribution in [3.63, 3.8) is 0 Å². The molecule has 1 aromatic rings. The van der Waals surface area contributed by atoms with Crippen LogP contribution in [0.15, 0.2) is 18.2 Å². The maximum Gasteiger partial charge on any atom is 0.123 e. The molecule has 98 valence electrons. The summed E-state index contributed by atoms with van der Waals surface area (Å²) in [4.78, 5) is 2.66. The van der Waals surface area contributed by atoms with Crippen LogP contribution < -0.4 is 5.73 Å². The lowest BCUT2D eigenvalue weighted by molar-refractivity contribution is 0.185. The normalized spacial score (nSPS) is 17.9. The zero-order valence-electron chi connectivity index (χ0n) is 10.7. The van der Waals surface area contributed by atoms with Crippen molar-refractivity contribution in [3.05, 3.63) is 35.1 Å². The molecule has 1 aliphatic heterocycles. The average molecular weight is 266 g/mol. The Morgan fingerprint density at radius 1 is 1.44 bits per heavy atom. The van der Waals surface area contributed by atoms with Crippen molar-refractivity contribution in [2.45, 2.75) is 26.3 Å². The fourth-order valence-corrected chi connectivity index (χ4v) is 2.57. The Morgan fingerprint density at radius 2 is 2.11 bits per heavy atom. The van der Waals surface area contributed by atoms with Gasteiger partial charge in [0.15, 0.2) is 0 Å². The van der Waals surface area contributed by atoms with Gasteiger partial charge in [0, 0.05) is 12.1 Å². The summed E-state index contributed by atoms with van der Waals surface area (Å²) >= 11 is 4.99. The summed E-state index contributed by atoms with van der Waals surface area (Å²) in [6, 6.07) is 4.70. The zero-order chi connectivity index (χ0) is 13.1. The number of halogens is 1. The minimum absolute atomic E-state index is 0.273. The number of nitrogens with two attached hydrogens (primary N) is 1. The molecule has 0 radical (unpaired) electrons. The first-order valence-electron chi connectivity index (χ1n) is 6.37. The largest absolute Gasteiger partial charge is 0.389 e. The molecule has 0 unspecified atom stereocenters. The van der Waals surface area contributed by atoms with Crippen molar-refractivity contribution in [1.29, 1.82) is 0 Å². The number of rotatable bonds is 3. The van der Waals surface area contributed by atoms with Gasteiger partial charge in [-0.05, 0) is 49.5 Å². The summed E-state index contributed by atoms with van der Waals surface area (Å²) < 4.78 is 13.2. The van der Waals surface area contributed by atoms with Crippen LogP contribution in [0.5, 0.6) is 0 Å². The molecule has 0 spiro atoms. The Hall–Kier alpha value is -1.00. The van der Waals surface area contributed by atoms with Crippen molar-refractivity contribution in [1.82, 2.24) is 4.90 Å². The number of benzene rings is 1. The van der Waals surface area contributed by atoms with Crippen molar-refractivity contribution in [3.8, 4) is 0 Å². The van der Waals surface area contributed by atoms with E-state index in [1.54, 1.807) is 6.07 Å². The predicted molar refractivity (Wildman–Crippen MR) is 76.0 cm³/mol. The highest BCUT2D eigenvalue weighted by Crippen LogP contribution is 2.20. The summed E-state index contributed by atoms with van der Waals surface area (Å²) in [5, 5.41) is 0. The fraction of sp³-hybridized carbons (Fsp3) is 0.500. The maximum atomic E-state index is 13.2. The summed E-state index contributed by atoms with van der Waals surface area (Å²) in [5.74, 6) is 0.526. The second-order valence-electron chi connectivity index (χ2n) is 5.12. The highest BCUT2D eigenvalue weighted by molar-refractivity contribution is 7.80. The number of nitrogens with zero attached hydrogens (tertiary/aromatic N) is 1. The number of piperidine rings is 1. The second-order valence-corrected chi connectivity index (χ2v) is 5.56. The van der Waals surface area contributed by atoms with Gasteiger partial charge < -0.3 is 5.73 Å². The minimum Gasteiger partial charge on any atom is -0.389 e. The smallest absolute Gasteiger partial charge is 0.123 e. The Kier molecular flexibility index (Phi) is 4.30. The second kappa shape index (κ2) is 5.76. The first kappa shape index (κ1) is 13.4. The van der Waals surface area contributed by atoms with Gasteiger partial charge in [-0.3, -0.25) is 4.90 Å². The van der Waals surface area contributed by atoms with E-state index >= 15 is 0 Å². The SMILES string of the molecule is CC1CCN(Cc2ccc(F)cc2C(N)=S)CC1. The van der Waals surface area contributed by atoms with Crippen LogP contribution in [-0.4, -0.2) is 23.0 Å². The van der Waals surface area contributed by atoms with Crippen LogP contribution in [0.2, 0.25) is 0 Å². The van der Waals surface area contributed by atoms with E-state index in [2.05, 4.69) is 11.8 Å². The van der Waals surface area contributed by atoms with E-state index in [0.717, 1.165) is 31.1 Å². The topological polar surface area (TPSA) is 29.3 Å². The Balaban J connectivity index is 2.11. The van der Waals surface area contributed by atoms with Crippen LogP contribution in [0.1, 0.15) is 30.9 Å². The molecule has 2 rings (SSSR count). The van der Waals surface area contributed by atoms with E-state index in [4.69, 9.17) is 18.0 Å². The van der Waals surface area contributed by atoms with E-state index < -0.39 is 0 Å². The van der Waals surface area contributed by atoms with Crippen LogP contribution in [0.4, 0.5) is 4.39 Å². The average Bonchev–Trinajstić information content (AvgIpc) is 2.34. The van der Waals surface area contributed by atoms with E-state index in [0.29, 0.717) is 5.56 Å². The Morgan fingerprint density at radius 3 is 2.72 bits per heavy atom. The summed E-state index contributed by atoms with van der Waals surface area (Å²) in [6.07, 6.45) is 2.45. The zero-order valence-corrected chi connectivity index (χ0v) is 11.5. The molecular formula is C14H19FN2S. The first-order valence-corrected chi connectivity index (χ1v) is 6.77. The van der Waals surface area contributed by atoms with E-state index in [-0.39, 0.29) is 10.8 Å². The molecule has 0 aliphatic carbocycles. The van der Waals surface area contributed by atoms with Crippen LogP contribution in [0.3, 0.4) is 0 Å². The Labute approximate surface area is 113 Å². The van der Waals surface area contributed by atoms with Gasteiger partial charge in [-0.15, -0.1) is 0 Å². The quantitative estimate of drug-likeness (QED) is 0.853. The van der Waals surface area contributed by atoms with Gasteiger partial charge in [-0.1, -0.05) is 25.2 Å². The van der Waals surface area contributed by atoms with Crippen molar-refractivity contribution in [2.24, 2.45) is 11.7 Å². The molecule has 0 atom stereocenters. The summed E-state index contributed by atoms with van der Waals surface area (Å²) in [6.45, 7) is 5.28. The molecule has 2 nitrogen and oxygen atoms in total. The van der Waals surface area contributed by atoms with Gasteiger partial charge in [0.1, 0.15) is 10.8 Å². The lowest BCUT2D eigenvalue weighted by atomic mass is 9.98. The van der Waals surface area contributed by atoms with Gasteiger partial charge in [-0.2, -0.15) is 0 Å². The van der Waals surface area contributed by atoms with Crippen LogP contribution in [0.25, 0.3) is 0 Å². The Bertz CT molecular complexity index is 439. The van der Waals surface area contributed by atoms with Crippen LogP contribution >= 0.6 is 12.2 Å². The lowest BCUT2D eigenvalue weighted by Gasteiger charge is -2.30. The highest BCUT2D eigenvalue weighted by atomic mass is 32.1. The third kappa shape index (κ3) is 3.27. The maximum absolute atomic E-state index is 13.2. The molecule has 18 heavy (non-hydrogen) atoms. The predicted octanol–water partition coefficient (Wildman–Crippen LogP) is 2.69. The molecule has 0 bridgehead atoms. The van der Waals surface area contributed by atoms with Gasteiger partial charge in [0.05, 0.1) is 0 Å². The van der Waals surface area contributed by atoms with Crippen molar-refractivity contribution in [2.75, 3.05) is 13.1 Å². The van der Waals surface area contributed by atoms with Gasteiger partial charge in [-0.25, -0.2) is 4.39 Å². The standard InChI is InChI=1S/C14H19FN2S/c1-10-4-6-17(7-5-10)9-11-2-3-12(15)8-13(11)14(16)18/h2-3,8,10H,4-7,9H2,1H3,(H2,16,18). The molecule has 4 heteroatoms. The van der Waals surface area contributed by atoms with E-state index in [1.165, 1.54) is 25.0 Å². The minimum atomic E-state index is -0.284. The number of likely N-dealkylation sites (tertiary alicyclic amines) is 1. The van der Waals surface area contributed by atoms with Gasteiger partial charge in [0.25, 0.3) is 0 Å². The molecule has 0 aromatic heterocycles. The van der Waals surface area contributed by atoms with Gasteiger partial charge in [0.2, 0.25) is 0 Å². The lowest BCUT2D eigenvalue weighted by Crippen LogP contribution is -2.33. The third-order valence-electron chi connectivity index (χ3n) is 3.61. The molecule has 1 aliphatic rings. The molecule has 0 amide bonds. The summed E-state index contributed by atoms with van der Waals surface area (Å²) in [7, 11) is 0. The molecule has 0 saturated carbocycles. The number of hydrogen-bond donors (Lipinski definition) is 1. The fourth-order valence-electron chi connectivity index (χ4n) is 2.38. The van der Waals surface area contributed by atoms with Crippen LogP contribution in [-0.2, 0) is 6.54 Å². The number of thiocarbonyl (C=S) groups is 1. The third-order valence-corrected chi connectivity index (χ3v) is 3.83. The first-order chi connectivity index (χ1) is 8.56. The highest BCUT2D eigenvalue weighted by Gasteiger charge is 2.17. The summed E-state index contributed by atoms with van der Waals surface area (Å²) in [5.41, 5.74) is 7.35. The molecule has 2 N–H and O–H groups in total. The van der Waals surface area contributed by atoms with Crippen molar-refractivity contribution >= 4 is 17.2 Å². The molecular weight excluding hydrogens is 247 g/mol. The van der Waals surface area contributed by atoms with E-state index in [9.17, 15) is 4.39 Å². The molecule has 1 saturated heterocycles. The monoisotopic (exact) mass is 266 g/mol. The molecule has 1 fully saturated rings. The van der Waals surface area contributed by atoms with Crippen molar-refractivity contribution < 1.29 is 4.39 Å². The number of hydrogen-bond acceptors (Lipinski definition) is 2. The van der Waals surface area contributed by atoms with E-state index in [1.807, 2.05) is 0 Å². The molecule has 1 heterocycles. The van der Waals surface area contributed by atoms with Gasteiger partial charge >= 0.3 is 0 Å². The molecule has 1 aromatic carbocycles. The van der Waals surface area contributed by atoms with Crippen LogP contribution in [0, 0.1) is 11.7 Å².